The van der Waals surface area contributed by atoms with Crippen molar-refractivity contribution in [1.29, 1.82) is 5.26 Å². The van der Waals surface area contributed by atoms with E-state index < -0.39 is 6.10 Å². The van der Waals surface area contributed by atoms with Crippen molar-refractivity contribution in [3.63, 3.8) is 0 Å². The summed E-state index contributed by atoms with van der Waals surface area (Å²) in [7, 11) is 0. The first-order chi connectivity index (χ1) is 13.0. The Morgan fingerprint density at radius 2 is 1.74 bits per heavy atom. The van der Waals surface area contributed by atoms with Gasteiger partial charge in [-0.2, -0.15) is 5.26 Å². The third-order valence-electron chi connectivity index (χ3n) is 4.53. The largest absolute Gasteiger partial charge is 0.491 e. The molecule has 2 N–H and O–H groups in total. The number of aliphatic hydroxyl groups excluding tert-OH is 2. The number of ether oxygens (including phenoxy) is 1. The first-order valence-corrected chi connectivity index (χ1v) is 9.23. The maximum atomic E-state index is 10.5. The molecular weight excluding hydrogens is 340 g/mol. The number of rotatable bonds is 10. The van der Waals surface area contributed by atoms with E-state index in [1.54, 1.807) is 24.3 Å². The van der Waals surface area contributed by atoms with Gasteiger partial charge in [-0.05, 0) is 35.7 Å². The second-order valence-electron chi connectivity index (χ2n) is 7.01. The lowest BCUT2D eigenvalue weighted by atomic mass is 10.0. The molecule has 0 radical (unpaired) electrons. The van der Waals surface area contributed by atoms with Crippen LogP contribution in [0.4, 0.5) is 0 Å². The molecular formula is C22H28N2O3. The van der Waals surface area contributed by atoms with E-state index in [4.69, 9.17) is 10.00 Å². The van der Waals surface area contributed by atoms with E-state index in [-0.39, 0.29) is 25.2 Å². The van der Waals surface area contributed by atoms with Crippen LogP contribution in [0.3, 0.4) is 0 Å². The maximum absolute atomic E-state index is 10.5. The van der Waals surface area contributed by atoms with Crippen molar-refractivity contribution in [2.45, 2.75) is 32.5 Å². The van der Waals surface area contributed by atoms with Crippen LogP contribution in [0.2, 0.25) is 0 Å². The fourth-order valence-corrected chi connectivity index (χ4v) is 3.02. The van der Waals surface area contributed by atoms with Crippen LogP contribution in [0.15, 0.2) is 54.6 Å². The van der Waals surface area contributed by atoms with Crippen LogP contribution in [-0.2, 0) is 6.54 Å². The number of hydrogen-bond donors (Lipinski definition) is 2. The summed E-state index contributed by atoms with van der Waals surface area (Å²) >= 11 is 0. The molecule has 0 aliphatic rings. The minimum Gasteiger partial charge on any atom is -0.491 e. The van der Waals surface area contributed by atoms with Crippen molar-refractivity contribution in [2.24, 2.45) is 5.92 Å². The Hall–Kier alpha value is -2.39. The van der Waals surface area contributed by atoms with Gasteiger partial charge in [-0.3, -0.25) is 4.90 Å². The first-order valence-electron chi connectivity index (χ1n) is 9.23. The van der Waals surface area contributed by atoms with E-state index in [2.05, 4.69) is 24.8 Å². The van der Waals surface area contributed by atoms with Gasteiger partial charge in [-0.1, -0.05) is 44.2 Å². The molecule has 27 heavy (non-hydrogen) atoms. The summed E-state index contributed by atoms with van der Waals surface area (Å²) in [6.07, 6.45) is -0.697. The molecule has 2 aromatic carbocycles. The zero-order chi connectivity index (χ0) is 19.6. The smallest absolute Gasteiger partial charge is 0.119 e. The Morgan fingerprint density at radius 1 is 1.07 bits per heavy atom. The van der Waals surface area contributed by atoms with Crippen LogP contribution in [0, 0.1) is 17.2 Å². The van der Waals surface area contributed by atoms with Gasteiger partial charge >= 0.3 is 0 Å². The lowest BCUT2D eigenvalue weighted by molar-refractivity contribution is 0.0201. The van der Waals surface area contributed by atoms with Crippen LogP contribution < -0.4 is 4.74 Å². The minimum absolute atomic E-state index is 0.0354. The highest BCUT2D eigenvalue weighted by atomic mass is 16.5. The van der Waals surface area contributed by atoms with E-state index in [0.29, 0.717) is 24.4 Å². The van der Waals surface area contributed by atoms with Gasteiger partial charge in [0.2, 0.25) is 0 Å². The molecule has 0 saturated heterocycles. The molecule has 144 valence electrons. The quantitative estimate of drug-likeness (QED) is 0.674. The van der Waals surface area contributed by atoms with E-state index in [0.717, 1.165) is 5.56 Å². The standard InChI is InChI=1S/C22H28N2O3/c1-17(2)22(15-25)24(13-19-6-4-3-5-7-19)14-20(26)16-27-21-10-8-18(12-23)9-11-21/h3-11,17,20,22,25-26H,13-16H2,1-2H3. The summed E-state index contributed by atoms with van der Waals surface area (Å²) in [6, 6.07) is 18.9. The second-order valence-corrected chi connectivity index (χ2v) is 7.01. The molecule has 0 aliphatic heterocycles. The summed E-state index contributed by atoms with van der Waals surface area (Å²) in [5.41, 5.74) is 1.71. The highest BCUT2D eigenvalue weighted by molar-refractivity contribution is 5.34. The van der Waals surface area contributed by atoms with Crippen molar-refractivity contribution in [2.75, 3.05) is 19.8 Å². The molecule has 0 spiro atoms. The third kappa shape index (κ3) is 6.69. The molecule has 0 aliphatic carbocycles. The number of nitriles is 1. The van der Waals surface area contributed by atoms with Gasteiger partial charge in [0.15, 0.2) is 0 Å². The van der Waals surface area contributed by atoms with E-state index >= 15 is 0 Å². The SMILES string of the molecule is CC(C)C(CO)N(Cc1ccccc1)CC(O)COc1ccc(C#N)cc1. The molecule has 2 rings (SSSR count). The monoisotopic (exact) mass is 368 g/mol. The van der Waals surface area contributed by atoms with Crippen molar-refractivity contribution in [3.05, 3.63) is 65.7 Å². The normalized spacial score (nSPS) is 13.4. The Labute approximate surface area is 161 Å². The summed E-state index contributed by atoms with van der Waals surface area (Å²) in [5.74, 6) is 0.871. The maximum Gasteiger partial charge on any atom is 0.119 e. The Morgan fingerprint density at radius 3 is 2.30 bits per heavy atom. The number of aliphatic hydroxyl groups is 2. The molecule has 0 heterocycles. The second kappa shape index (κ2) is 10.7. The number of hydrogen-bond acceptors (Lipinski definition) is 5. The first kappa shape index (κ1) is 20.9. The van der Waals surface area contributed by atoms with Crippen molar-refractivity contribution in [1.82, 2.24) is 4.90 Å². The predicted molar refractivity (Wildman–Crippen MR) is 105 cm³/mol. The molecule has 0 aromatic heterocycles. The number of benzene rings is 2. The Bertz CT molecular complexity index is 711. The number of nitrogens with zero attached hydrogens (tertiary/aromatic N) is 2. The Kier molecular flexibility index (Phi) is 8.28. The van der Waals surface area contributed by atoms with Gasteiger partial charge in [0.05, 0.1) is 18.2 Å². The topological polar surface area (TPSA) is 76.7 Å². The summed E-state index contributed by atoms with van der Waals surface area (Å²) in [4.78, 5) is 2.10. The lowest BCUT2D eigenvalue weighted by Gasteiger charge is -2.34. The zero-order valence-corrected chi connectivity index (χ0v) is 16.0. The highest BCUT2D eigenvalue weighted by Crippen LogP contribution is 2.16. The van der Waals surface area contributed by atoms with Crippen molar-refractivity contribution >= 4 is 0 Å². The minimum atomic E-state index is -0.697. The molecule has 0 bridgehead atoms. The fourth-order valence-electron chi connectivity index (χ4n) is 3.02. The fraction of sp³-hybridized carbons (Fsp3) is 0.409. The van der Waals surface area contributed by atoms with Gasteiger partial charge < -0.3 is 14.9 Å². The van der Waals surface area contributed by atoms with Crippen LogP contribution in [0.1, 0.15) is 25.0 Å². The van der Waals surface area contributed by atoms with Crippen LogP contribution in [0.25, 0.3) is 0 Å². The van der Waals surface area contributed by atoms with E-state index in [1.807, 2.05) is 30.3 Å². The summed E-state index contributed by atoms with van der Waals surface area (Å²) in [6.45, 7) is 5.37. The average molecular weight is 368 g/mol. The lowest BCUT2D eigenvalue weighted by Crippen LogP contribution is -2.46. The third-order valence-corrected chi connectivity index (χ3v) is 4.53. The van der Waals surface area contributed by atoms with Gasteiger partial charge in [-0.15, -0.1) is 0 Å². The average Bonchev–Trinajstić information content (AvgIpc) is 2.67. The molecule has 0 amide bonds. The molecule has 2 aromatic rings. The van der Waals surface area contributed by atoms with Gasteiger partial charge in [0, 0.05) is 19.1 Å². The van der Waals surface area contributed by atoms with Crippen molar-refractivity contribution in [3.8, 4) is 11.8 Å². The van der Waals surface area contributed by atoms with Crippen LogP contribution in [0.5, 0.6) is 5.75 Å². The van der Waals surface area contributed by atoms with E-state index in [9.17, 15) is 10.2 Å². The molecule has 2 atom stereocenters. The molecule has 5 heteroatoms. The zero-order valence-electron chi connectivity index (χ0n) is 16.0. The highest BCUT2D eigenvalue weighted by Gasteiger charge is 2.24. The van der Waals surface area contributed by atoms with Gasteiger partial charge in [0.1, 0.15) is 18.5 Å². The van der Waals surface area contributed by atoms with Crippen LogP contribution >= 0.6 is 0 Å². The van der Waals surface area contributed by atoms with Gasteiger partial charge in [-0.25, -0.2) is 0 Å². The van der Waals surface area contributed by atoms with Gasteiger partial charge in [0.25, 0.3) is 0 Å². The molecule has 5 nitrogen and oxygen atoms in total. The van der Waals surface area contributed by atoms with Crippen molar-refractivity contribution < 1.29 is 14.9 Å². The molecule has 2 unspecified atom stereocenters. The summed E-state index contributed by atoms with van der Waals surface area (Å²) < 4.78 is 5.64. The summed E-state index contributed by atoms with van der Waals surface area (Å²) in [5, 5.41) is 29.1. The Balaban J connectivity index is 1.98. The van der Waals surface area contributed by atoms with E-state index in [1.165, 1.54) is 0 Å². The predicted octanol–water partition coefficient (Wildman–Crippen LogP) is 2.82. The molecule has 0 saturated carbocycles. The molecule has 0 fully saturated rings. The van der Waals surface area contributed by atoms with Crippen LogP contribution in [-0.4, -0.2) is 47.0 Å².